The lowest BCUT2D eigenvalue weighted by Gasteiger charge is -2.24. The van der Waals surface area contributed by atoms with Crippen molar-refractivity contribution in [1.29, 1.82) is 0 Å². The molecule has 1 aromatic rings. The molecule has 0 aromatic heterocycles. The Kier molecular flexibility index (Phi) is 3.05. The second-order valence-corrected chi connectivity index (χ2v) is 5.68. The van der Waals surface area contributed by atoms with Crippen LogP contribution in [0.5, 0.6) is 5.75 Å². The number of imide groups is 1. The quantitative estimate of drug-likeness (QED) is 0.674. The summed E-state index contributed by atoms with van der Waals surface area (Å²) in [4.78, 5) is 22.2. The number of carbonyl (C=O) groups excluding carboxylic acids is 2. The van der Waals surface area contributed by atoms with E-state index in [4.69, 9.17) is 5.11 Å². The molecular weight excluding hydrogens is 260 g/mol. The number of carbonyl (C=O) groups is 2. The number of hydrogen-bond donors (Lipinski definition) is 2. The summed E-state index contributed by atoms with van der Waals surface area (Å²) < 4.78 is 25.0. The Labute approximate surface area is 103 Å². The fraction of sp³-hybridized carbons (Fsp3) is 0.200. The van der Waals surface area contributed by atoms with Crippen LogP contribution in [-0.4, -0.2) is 42.7 Å². The van der Waals surface area contributed by atoms with Crippen molar-refractivity contribution < 1.29 is 23.1 Å². The summed E-state index contributed by atoms with van der Waals surface area (Å²) >= 11 is 0. The maximum absolute atomic E-state index is 12.1. The lowest BCUT2D eigenvalue weighted by Crippen LogP contribution is -2.53. The number of hydrogen-bond acceptors (Lipinski definition) is 5. The highest BCUT2D eigenvalue weighted by molar-refractivity contribution is 7.89. The van der Waals surface area contributed by atoms with Crippen molar-refractivity contribution in [2.45, 2.75) is 4.90 Å². The molecule has 1 aliphatic heterocycles. The Bertz CT molecular complexity index is 577. The zero-order chi connectivity index (χ0) is 13.3. The Balaban J connectivity index is 2.33. The third-order valence-corrected chi connectivity index (χ3v) is 4.20. The molecule has 18 heavy (non-hydrogen) atoms. The zero-order valence-electron chi connectivity index (χ0n) is 9.16. The van der Waals surface area contributed by atoms with E-state index in [-0.39, 0.29) is 10.6 Å². The van der Waals surface area contributed by atoms with Gasteiger partial charge in [-0.2, -0.15) is 4.31 Å². The van der Waals surface area contributed by atoms with Gasteiger partial charge in [0.05, 0.1) is 18.0 Å². The second kappa shape index (κ2) is 4.39. The first-order valence-corrected chi connectivity index (χ1v) is 6.45. The average molecular weight is 270 g/mol. The average Bonchev–Trinajstić information content (AvgIpc) is 2.28. The predicted molar refractivity (Wildman–Crippen MR) is 60.0 cm³/mol. The van der Waals surface area contributed by atoms with Crippen molar-refractivity contribution in [3.63, 3.8) is 0 Å². The number of nitrogens with zero attached hydrogens (tertiary/aromatic N) is 1. The first-order valence-electron chi connectivity index (χ1n) is 5.01. The van der Waals surface area contributed by atoms with Gasteiger partial charge < -0.3 is 5.11 Å². The van der Waals surface area contributed by atoms with Crippen LogP contribution in [0.25, 0.3) is 0 Å². The van der Waals surface area contributed by atoms with Crippen molar-refractivity contribution in [1.82, 2.24) is 9.62 Å². The van der Waals surface area contributed by atoms with Crippen molar-refractivity contribution in [3.8, 4) is 5.75 Å². The molecule has 8 heteroatoms. The fourth-order valence-electron chi connectivity index (χ4n) is 1.55. The van der Waals surface area contributed by atoms with Gasteiger partial charge in [-0.1, -0.05) is 0 Å². The highest BCUT2D eigenvalue weighted by atomic mass is 32.2. The molecule has 1 aliphatic rings. The van der Waals surface area contributed by atoms with E-state index in [2.05, 4.69) is 0 Å². The third kappa shape index (κ3) is 2.34. The SMILES string of the molecule is O=C1CN(S(=O)(=O)c2ccc(O)cc2)CC(=O)N1. The number of sulfonamides is 1. The number of phenolic OH excluding ortho intramolecular Hbond substituents is 1. The largest absolute Gasteiger partial charge is 0.508 e. The van der Waals surface area contributed by atoms with Crippen LogP contribution in [0.2, 0.25) is 0 Å². The molecule has 96 valence electrons. The molecule has 2 rings (SSSR count). The number of nitrogens with one attached hydrogen (secondary N) is 1. The lowest BCUT2D eigenvalue weighted by molar-refractivity contribution is -0.134. The van der Waals surface area contributed by atoms with Gasteiger partial charge in [0.2, 0.25) is 21.8 Å². The Morgan fingerprint density at radius 3 is 2.06 bits per heavy atom. The highest BCUT2D eigenvalue weighted by Crippen LogP contribution is 2.19. The Hall–Kier alpha value is -1.93. The fourth-order valence-corrected chi connectivity index (χ4v) is 2.90. The molecule has 1 saturated heterocycles. The molecule has 0 aliphatic carbocycles. The van der Waals surface area contributed by atoms with E-state index in [9.17, 15) is 18.0 Å². The van der Waals surface area contributed by atoms with Crippen LogP contribution in [0.15, 0.2) is 29.2 Å². The van der Waals surface area contributed by atoms with E-state index in [1.165, 1.54) is 24.3 Å². The molecule has 0 atom stereocenters. The molecule has 1 aromatic carbocycles. The van der Waals surface area contributed by atoms with E-state index in [0.717, 1.165) is 4.31 Å². The summed E-state index contributed by atoms with van der Waals surface area (Å²) in [5.41, 5.74) is 0. The number of amides is 2. The van der Waals surface area contributed by atoms with Crippen LogP contribution in [0.3, 0.4) is 0 Å². The van der Waals surface area contributed by atoms with Crippen LogP contribution in [-0.2, 0) is 19.6 Å². The van der Waals surface area contributed by atoms with Gasteiger partial charge >= 0.3 is 0 Å². The van der Waals surface area contributed by atoms with Crippen LogP contribution in [0.1, 0.15) is 0 Å². The molecule has 1 heterocycles. The summed E-state index contributed by atoms with van der Waals surface area (Å²) in [5.74, 6) is -1.39. The maximum Gasteiger partial charge on any atom is 0.244 e. The van der Waals surface area contributed by atoms with Gasteiger partial charge in [0.1, 0.15) is 5.75 Å². The molecular formula is C10H10N2O5S. The van der Waals surface area contributed by atoms with Crippen molar-refractivity contribution in [2.75, 3.05) is 13.1 Å². The molecule has 2 amide bonds. The zero-order valence-corrected chi connectivity index (χ0v) is 9.98. The predicted octanol–water partition coefficient (Wildman–Crippen LogP) is -0.961. The number of rotatable bonds is 2. The number of aromatic hydroxyl groups is 1. The molecule has 1 fully saturated rings. The Morgan fingerprint density at radius 2 is 1.56 bits per heavy atom. The normalized spacial score (nSPS) is 17.6. The summed E-state index contributed by atoms with van der Waals surface area (Å²) in [5, 5.41) is 11.1. The first kappa shape index (κ1) is 12.5. The number of benzene rings is 1. The summed E-state index contributed by atoms with van der Waals surface area (Å²) in [6.07, 6.45) is 0. The monoisotopic (exact) mass is 270 g/mol. The third-order valence-electron chi connectivity index (χ3n) is 2.39. The molecule has 0 unspecified atom stereocenters. The van der Waals surface area contributed by atoms with Gasteiger partial charge in [0, 0.05) is 0 Å². The maximum atomic E-state index is 12.1. The van der Waals surface area contributed by atoms with E-state index in [1.807, 2.05) is 5.32 Å². The molecule has 0 bridgehead atoms. The topological polar surface area (TPSA) is 104 Å². The van der Waals surface area contributed by atoms with E-state index < -0.39 is 34.9 Å². The smallest absolute Gasteiger partial charge is 0.244 e. The minimum atomic E-state index is -3.90. The van der Waals surface area contributed by atoms with Gasteiger partial charge in [-0.05, 0) is 24.3 Å². The van der Waals surface area contributed by atoms with Crippen molar-refractivity contribution in [2.24, 2.45) is 0 Å². The van der Waals surface area contributed by atoms with Crippen molar-refractivity contribution in [3.05, 3.63) is 24.3 Å². The molecule has 2 N–H and O–H groups in total. The summed E-state index contributed by atoms with van der Waals surface area (Å²) in [6, 6.07) is 4.86. The summed E-state index contributed by atoms with van der Waals surface area (Å²) in [7, 11) is -3.90. The van der Waals surface area contributed by atoms with Crippen LogP contribution >= 0.6 is 0 Å². The summed E-state index contributed by atoms with van der Waals surface area (Å²) in [6.45, 7) is -0.788. The highest BCUT2D eigenvalue weighted by Gasteiger charge is 2.32. The van der Waals surface area contributed by atoms with Crippen LogP contribution in [0, 0.1) is 0 Å². The molecule has 0 spiro atoms. The first-order chi connectivity index (χ1) is 8.39. The van der Waals surface area contributed by atoms with Crippen LogP contribution < -0.4 is 5.32 Å². The van der Waals surface area contributed by atoms with E-state index in [0.29, 0.717) is 0 Å². The second-order valence-electron chi connectivity index (χ2n) is 3.74. The van der Waals surface area contributed by atoms with Gasteiger partial charge in [-0.3, -0.25) is 14.9 Å². The molecule has 0 radical (unpaired) electrons. The number of phenols is 1. The van der Waals surface area contributed by atoms with Gasteiger partial charge in [0.15, 0.2) is 0 Å². The van der Waals surface area contributed by atoms with E-state index >= 15 is 0 Å². The Morgan fingerprint density at radius 1 is 1.06 bits per heavy atom. The molecule has 0 saturated carbocycles. The van der Waals surface area contributed by atoms with Crippen LogP contribution in [0.4, 0.5) is 0 Å². The van der Waals surface area contributed by atoms with Gasteiger partial charge in [-0.25, -0.2) is 8.42 Å². The molecule has 7 nitrogen and oxygen atoms in total. The van der Waals surface area contributed by atoms with Gasteiger partial charge in [0.25, 0.3) is 0 Å². The van der Waals surface area contributed by atoms with Crippen molar-refractivity contribution >= 4 is 21.8 Å². The minimum Gasteiger partial charge on any atom is -0.508 e. The lowest BCUT2D eigenvalue weighted by atomic mass is 10.3. The van der Waals surface area contributed by atoms with E-state index in [1.54, 1.807) is 0 Å². The van der Waals surface area contributed by atoms with Gasteiger partial charge in [-0.15, -0.1) is 0 Å². The minimum absolute atomic E-state index is 0.0681. The number of piperazine rings is 1. The standard InChI is InChI=1S/C10H10N2O5S/c13-7-1-3-8(4-2-7)18(16,17)12-5-9(14)11-10(15)6-12/h1-4,13H,5-6H2,(H,11,14,15).